The number of carbonyl (C=O) groups excluding carboxylic acids is 11. The summed E-state index contributed by atoms with van der Waals surface area (Å²) >= 11 is 0. The van der Waals surface area contributed by atoms with Crippen LogP contribution < -0.4 is 58.5 Å². The van der Waals surface area contributed by atoms with E-state index in [2.05, 4.69) is 58.5 Å². The quantitative estimate of drug-likeness (QED) is 0.0199. The Bertz CT molecular complexity index is 2650. The summed E-state index contributed by atoms with van der Waals surface area (Å²) in [6.45, 7) is 3.98. The van der Waals surface area contributed by atoms with Crippen molar-refractivity contribution >= 4 is 65.0 Å². The van der Waals surface area contributed by atoms with E-state index in [0.717, 1.165) is 25.7 Å². The number of amides is 11. The number of methoxy groups -OCH3 is 1. The number of aliphatic hydroxyl groups excluding tert-OH is 9. The predicted octanol–water partition coefficient (Wildman–Crippen LogP) is -5.55. The third-order valence-electron chi connectivity index (χ3n) is 18.0. The number of unbranched alkanes of at least 4 members (excludes halogenated alkanes) is 6. The number of hydrogen-bond acceptors (Lipinski definition) is 30. The van der Waals surface area contributed by atoms with Gasteiger partial charge in [0.15, 0.2) is 18.9 Å². The van der Waals surface area contributed by atoms with Crippen molar-refractivity contribution in [2.24, 2.45) is 0 Å². The minimum absolute atomic E-state index is 0.0440. The lowest BCUT2D eigenvalue weighted by Gasteiger charge is -2.42. The standard InChI is InChI=1S/C74H135N11O30/c1-49(90)54(43-87)113-71(53(42-86)82-50(2)91)110-36-13-8-20-57(94)76-29-17-32-79-61(98)25-39-107-46-74(85-64(101)24-16-23-60(97)75-28-11-6-7-12-35-106-5,47-108-40-26-62(99)80-33-18-30-77-58(95)21-9-14-37-111-72-65(83-51(3)92)69(104)67(102)55(44-88)114-72)48-109-41-27-63(100)81-34-19-31-78-59(96)22-10-15-38-112-73-66(84-52(4)93)70(105)68(103)56(45-89)115-73/h49,53-56,65-73,86-90,102-105H,6-48H2,1-5H3,(H,75,97)(H,76,94)(H,77,95)(H,78,96)(H,79,98)(H,80,99)(H,81,100)(H,82,91)(H,83,92)(H,84,93)(H,85,101)/t49-,53+,54?,55?,56?,65?,66?,67?,68?,69?,70?,71?,72?,73?,74?/m1/s1. The maximum absolute atomic E-state index is 13.9. The molecule has 0 saturated carbocycles. The molecule has 2 rings (SSSR count). The maximum Gasteiger partial charge on any atom is 0.222 e. The molecule has 41 nitrogen and oxygen atoms in total. The summed E-state index contributed by atoms with van der Waals surface area (Å²) in [5, 5.41) is 120. The molecule has 14 atom stereocenters. The van der Waals surface area contributed by atoms with Gasteiger partial charge in [-0.15, -0.1) is 0 Å². The van der Waals surface area contributed by atoms with E-state index in [1.54, 1.807) is 7.11 Å². The summed E-state index contributed by atoms with van der Waals surface area (Å²) in [5.74, 6) is -4.19. The van der Waals surface area contributed by atoms with Crippen LogP contribution in [0.1, 0.15) is 169 Å². The second kappa shape index (κ2) is 63.5. The van der Waals surface area contributed by atoms with Crippen LogP contribution >= 0.6 is 0 Å². The highest BCUT2D eigenvalue weighted by atomic mass is 16.7. The number of rotatable bonds is 68. The minimum atomic E-state index is -1.50. The van der Waals surface area contributed by atoms with E-state index in [0.29, 0.717) is 70.9 Å². The summed E-state index contributed by atoms with van der Waals surface area (Å²) in [6, 6.07) is -3.20. The molecule has 41 heteroatoms. The van der Waals surface area contributed by atoms with Gasteiger partial charge in [-0.1, -0.05) is 12.8 Å². The van der Waals surface area contributed by atoms with Gasteiger partial charge in [0.25, 0.3) is 0 Å². The molecule has 0 radical (unpaired) electrons. The third-order valence-corrected chi connectivity index (χ3v) is 18.0. The number of aliphatic hydroxyl groups is 9. The topological polar surface area (TPSA) is 594 Å². The average molecular weight is 1660 g/mol. The largest absolute Gasteiger partial charge is 0.394 e. The van der Waals surface area contributed by atoms with Crippen molar-refractivity contribution in [3.05, 3.63) is 0 Å². The zero-order valence-corrected chi connectivity index (χ0v) is 67.6. The first kappa shape index (κ1) is 104. The molecular formula is C74H135N11O30. The van der Waals surface area contributed by atoms with Gasteiger partial charge in [0.2, 0.25) is 65.0 Å². The molecule has 2 heterocycles. The van der Waals surface area contributed by atoms with Crippen molar-refractivity contribution in [3.63, 3.8) is 0 Å². The van der Waals surface area contributed by atoms with Gasteiger partial charge in [0, 0.05) is 151 Å². The zero-order valence-electron chi connectivity index (χ0n) is 67.6. The Morgan fingerprint density at radius 1 is 0.400 bits per heavy atom. The van der Waals surface area contributed by atoms with Gasteiger partial charge >= 0.3 is 0 Å². The van der Waals surface area contributed by atoms with Crippen molar-refractivity contribution < 1.29 is 146 Å². The van der Waals surface area contributed by atoms with Gasteiger partial charge in [0.1, 0.15) is 66.4 Å². The van der Waals surface area contributed by atoms with E-state index in [9.17, 15) is 98.7 Å². The molecular weight excluding hydrogens is 1520 g/mol. The van der Waals surface area contributed by atoms with Crippen LogP contribution in [0, 0.1) is 0 Å². The Hall–Kier alpha value is -6.59. The molecule has 666 valence electrons. The SMILES string of the molecule is COCCCCCCNC(=O)CCCC(=O)NC(COCCC(=O)NCCCNC(=O)CCCCOC1OC(CO)C(O)C(O)C1NC(C)=O)(COCCC(=O)NCCCNC(=O)CCCCOC1OC(CO)C(O)C(O)C1NC(C)=O)COCCC(=O)NCCCNC(=O)CCCCOC(OC(CO)[C@@H](C)O)[C@H](CO)NC(C)=O. The smallest absolute Gasteiger partial charge is 0.222 e. The van der Waals surface area contributed by atoms with Gasteiger partial charge in [-0.3, -0.25) is 52.7 Å². The first-order valence-corrected chi connectivity index (χ1v) is 40.0. The van der Waals surface area contributed by atoms with Crippen molar-refractivity contribution in [3.8, 4) is 0 Å². The molecule has 0 aromatic rings. The molecule has 0 bridgehead atoms. The molecule has 12 unspecified atom stereocenters. The van der Waals surface area contributed by atoms with E-state index in [1.807, 2.05) is 0 Å². The lowest BCUT2D eigenvalue weighted by atomic mass is 9.97. The summed E-state index contributed by atoms with van der Waals surface area (Å²) in [4.78, 5) is 139. The maximum atomic E-state index is 13.9. The highest BCUT2D eigenvalue weighted by Crippen LogP contribution is 2.25. The van der Waals surface area contributed by atoms with E-state index < -0.39 is 159 Å². The highest BCUT2D eigenvalue weighted by molar-refractivity contribution is 5.80. The molecule has 2 aliphatic rings. The Balaban J connectivity index is 2.06. The van der Waals surface area contributed by atoms with Gasteiger partial charge in [0.05, 0.1) is 72.2 Å². The van der Waals surface area contributed by atoms with Crippen LogP contribution in [0.5, 0.6) is 0 Å². The Morgan fingerprint density at radius 3 is 1.11 bits per heavy atom. The summed E-state index contributed by atoms with van der Waals surface area (Å²) in [6.07, 6.45) is -6.79. The fourth-order valence-corrected chi connectivity index (χ4v) is 11.7. The Kier molecular flexibility index (Phi) is 57.7. The van der Waals surface area contributed by atoms with Gasteiger partial charge in [-0.2, -0.15) is 0 Å². The van der Waals surface area contributed by atoms with Crippen molar-refractivity contribution in [2.75, 3.05) is 145 Å². The van der Waals surface area contributed by atoms with E-state index in [-0.39, 0.29) is 180 Å². The first-order chi connectivity index (χ1) is 55.1. The van der Waals surface area contributed by atoms with Crippen LogP contribution in [0.15, 0.2) is 0 Å². The van der Waals surface area contributed by atoms with Crippen LogP contribution in [-0.4, -0.2) is 348 Å². The second-order valence-corrected chi connectivity index (χ2v) is 28.3. The van der Waals surface area contributed by atoms with Crippen molar-refractivity contribution in [1.29, 1.82) is 0 Å². The molecule has 11 amide bonds. The van der Waals surface area contributed by atoms with Crippen LogP contribution in [0.25, 0.3) is 0 Å². The monoisotopic (exact) mass is 1660 g/mol. The third kappa shape index (κ3) is 48.2. The van der Waals surface area contributed by atoms with Crippen molar-refractivity contribution in [1.82, 2.24) is 58.5 Å². The number of hydrogen-bond donors (Lipinski definition) is 20. The highest BCUT2D eigenvalue weighted by Gasteiger charge is 2.47. The van der Waals surface area contributed by atoms with Gasteiger partial charge in [-0.25, -0.2) is 0 Å². The molecule has 2 fully saturated rings. The number of ether oxygens (including phenoxy) is 10. The number of nitrogens with one attached hydrogen (secondary N) is 11. The normalized spacial score (nSPS) is 20.9. The summed E-state index contributed by atoms with van der Waals surface area (Å²) in [5.41, 5.74) is -1.50. The van der Waals surface area contributed by atoms with E-state index in [1.165, 1.54) is 27.7 Å². The van der Waals surface area contributed by atoms with Crippen LogP contribution in [0.4, 0.5) is 0 Å². The lowest BCUT2D eigenvalue weighted by molar-refractivity contribution is -0.270. The summed E-state index contributed by atoms with van der Waals surface area (Å²) < 4.78 is 57.2. The molecule has 0 aliphatic carbocycles. The Labute approximate surface area is 672 Å². The molecule has 115 heavy (non-hydrogen) atoms. The van der Waals surface area contributed by atoms with Crippen molar-refractivity contribution in [2.45, 2.75) is 260 Å². The number of carbonyl (C=O) groups is 11. The molecule has 0 spiro atoms. The summed E-state index contributed by atoms with van der Waals surface area (Å²) in [7, 11) is 1.64. The van der Waals surface area contributed by atoms with Gasteiger partial charge in [-0.05, 0) is 84.0 Å². The first-order valence-electron chi connectivity index (χ1n) is 40.0. The van der Waals surface area contributed by atoms with E-state index in [4.69, 9.17) is 47.4 Å². The zero-order chi connectivity index (χ0) is 85.2. The van der Waals surface area contributed by atoms with Gasteiger partial charge < -0.3 is 152 Å². The van der Waals surface area contributed by atoms with Crippen LogP contribution in [0.2, 0.25) is 0 Å². The molecule has 2 saturated heterocycles. The minimum Gasteiger partial charge on any atom is -0.394 e. The fraction of sp³-hybridized carbons (Fsp3) is 0.851. The molecule has 2 aliphatic heterocycles. The van der Waals surface area contributed by atoms with Crippen LogP contribution in [-0.2, 0) is 100 Å². The average Bonchev–Trinajstić information content (AvgIpc) is 0.812. The Morgan fingerprint density at radius 2 is 0.757 bits per heavy atom. The van der Waals surface area contributed by atoms with E-state index >= 15 is 0 Å². The molecule has 0 aromatic carbocycles. The fourth-order valence-electron chi connectivity index (χ4n) is 11.7. The second-order valence-electron chi connectivity index (χ2n) is 28.3. The molecule has 0 aromatic heterocycles. The van der Waals surface area contributed by atoms with Crippen LogP contribution in [0.3, 0.4) is 0 Å². The predicted molar refractivity (Wildman–Crippen MR) is 409 cm³/mol. The molecule has 20 N–H and O–H groups in total. The lowest BCUT2D eigenvalue weighted by Crippen LogP contribution is -2.64.